The molecule has 0 saturated carbocycles. The van der Waals surface area contributed by atoms with E-state index in [1.807, 2.05) is 11.8 Å². The fraction of sp³-hybridized carbons (Fsp3) is 0.438. The first-order valence-electron chi connectivity index (χ1n) is 8.06. The Hall–Kier alpha value is -2.64. The molecule has 3 heterocycles. The molecule has 1 aliphatic heterocycles. The summed E-state index contributed by atoms with van der Waals surface area (Å²) in [7, 11) is 0. The predicted octanol–water partition coefficient (Wildman–Crippen LogP) is 1.54. The molecule has 1 fully saturated rings. The Kier molecular flexibility index (Phi) is 5.25. The molecule has 7 nitrogen and oxygen atoms in total. The van der Waals surface area contributed by atoms with Gasteiger partial charge in [-0.15, -0.1) is 0 Å². The Morgan fingerprint density at radius 1 is 1.50 bits per heavy atom. The molecule has 2 aromatic rings. The molecular weight excluding hydrogens is 311 g/mol. The van der Waals surface area contributed by atoms with Crippen molar-refractivity contribution in [1.29, 1.82) is 0 Å². The van der Waals surface area contributed by atoms with E-state index in [2.05, 4.69) is 25.8 Å². The SMILES string of the molecule is CCNC(=NCc1ccon1)NC1CCN(c2ncccc2F)C1. The number of nitrogens with zero attached hydrogens (tertiary/aromatic N) is 4. The van der Waals surface area contributed by atoms with Gasteiger partial charge in [-0.05, 0) is 25.5 Å². The number of anilines is 1. The lowest BCUT2D eigenvalue weighted by Crippen LogP contribution is -2.44. The summed E-state index contributed by atoms with van der Waals surface area (Å²) >= 11 is 0. The highest BCUT2D eigenvalue weighted by Gasteiger charge is 2.25. The third kappa shape index (κ3) is 4.01. The van der Waals surface area contributed by atoms with Crippen LogP contribution in [0.5, 0.6) is 0 Å². The van der Waals surface area contributed by atoms with Gasteiger partial charge in [0.1, 0.15) is 12.0 Å². The standard InChI is InChI=1S/C16H21FN6O/c1-2-18-16(20-10-12-6-9-24-22-12)21-13-5-8-23(11-13)15-14(17)4-3-7-19-15/h3-4,6-7,9,13H,2,5,8,10-11H2,1H3,(H2,18,20,21). The van der Waals surface area contributed by atoms with Gasteiger partial charge in [-0.2, -0.15) is 0 Å². The van der Waals surface area contributed by atoms with E-state index in [1.165, 1.54) is 12.3 Å². The molecule has 8 heteroatoms. The van der Waals surface area contributed by atoms with Crippen molar-refractivity contribution in [2.45, 2.75) is 25.9 Å². The zero-order chi connectivity index (χ0) is 16.8. The van der Waals surface area contributed by atoms with E-state index >= 15 is 0 Å². The topological polar surface area (TPSA) is 78.6 Å². The van der Waals surface area contributed by atoms with E-state index in [1.54, 1.807) is 18.3 Å². The number of rotatable bonds is 5. The highest BCUT2D eigenvalue weighted by atomic mass is 19.1. The van der Waals surface area contributed by atoms with Crippen LogP contribution in [0.25, 0.3) is 0 Å². The van der Waals surface area contributed by atoms with E-state index in [-0.39, 0.29) is 11.9 Å². The van der Waals surface area contributed by atoms with Gasteiger partial charge in [0.15, 0.2) is 17.6 Å². The highest BCUT2D eigenvalue weighted by molar-refractivity contribution is 5.80. The third-order valence-corrected chi connectivity index (χ3v) is 3.80. The quantitative estimate of drug-likeness (QED) is 0.639. The van der Waals surface area contributed by atoms with Crippen LogP contribution in [0.2, 0.25) is 0 Å². The van der Waals surface area contributed by atoms with Gasteiger partial charge in [0.2, 0.25) is 0 Å². The van der Waals surface area contributed by atoms with Crippen LogP contribution in [0.15, 0.2) is 40.2 Å². The van der Waals surface area contributed by atoms with Crippen LogP contribution in [-0.4, -0.2) is 41.8 Å². The molecule has 0 amide bonds. The van der Waals surface area contributed by atoms with Crippen LogP contribution in [0.3, 0.4) is 0 Å². The molecular formula is C16H21FN6O. The number of nitrogens with one attached hydrogen (secondary N) is 2. The van der Waals surface area contributed by atoms with Gasteiger partial charge >= 0.3 is 0 Å². The largest absolute Gasteiger partial charge is 0.364 e. The summed E-state index contributed by atoms with van der Waals surface area (Å²) in [6.45, 7) is 4.65. The van der Waals surface area contributed by atoms with Crippen molar-refractivity contribution < 1.29 is 8.91 Å². The van der Waals surface area contributed by atoms with Crippen LogP contribution >= 0.6 is 0 Å². The van der Waals surface area contributed by atoms with Crippen molar-refractivity contribution in [3.05, 3.63) is 42.2 Å². The molecule has 1 saturated heterocycles. The van der Waals surface area contributed by atoms with Crippen LogP contribution in [0.4, 0.5) is 10.2 Å². The lowest BCUT2D eigenvalue weighted by molar-refractivity contribution is 0.412. The van der Waals surface area contributed by atoms with Crippen molar-refractivity contribution in [3.8, 4) is 0 Å². The van der Waals surface area contributed by atoms with Crippen LogP contribution in [0.1, 0.15) is 19.0 Å². The molecule has 1 unspecified atom stereocenters. The van der Waals surface area contributed by atoms with Gasteiger partial charge in [-0.25, -0.2) is 14.4 Å². The van der Waals surface area contributed by atoms with Gasteiger partial charge in [-0.3, -0.25) is 0 Å². The molecule has 2 aromatic heterocycles. The zero-order valence-corrected chi connectivity index (χ0v) is 13.6. The molecule has 3 rings (SSSR count). The van der Waals surface area contributed by atoms with E-state index in [0.717, 1.165) is 25.2 Å². The fourth-order valence-electron chi connectivity index (χ4n) is 2.67. The minimum absolute atomic E-state index is 0.182. The fourth-order valence-corrected chi connectivity index (χ4v) is 2.67. The maximum atomic E-state index is 13.9. The van der Waals surface area contributed by atoms with Gasteiger partial charge in [0, 0.05) is 37.9 Å². The lowest BCUT2D eigenvalue weighted by Gasteiger charge is -2.19. The van der Waals surface area contributed by atoms with Gasteiger partial charge in [0.05, 0.1) is 6.54 Å². The first kappa shape index (κ1) is 16.2. The minimum Gasteiger partial charge on any atom is -0.364 e. The molecule has 0 radical (unpaired) electrons. The third-order valence-electron chi connectivity index (χ3n) is 3.80. The molecule has 128 valence electrons. The van der Waals surface area contributed by atoms with E-state index < -0.39 is 0 Å². The predicted molar refractivity (Wildman–Crippen MR) is 89.3 cm³/mol. The molecule has 1 atom stereocenters. The number of pyridine rings is 1. The van der Waals surface area contributed by atoms with Crippen molar-refractivity contribution in [3.63, 3.8) is 0 Å². The highest BCUT2D eigenvalue weighted by Crippen LogP contribution is 2.20. The molecule has 1 aliphatic rings. The summed E-state index contributed by atoms with van der Waals surface area (Å²) in [6.07, 6.45) is 4.04. The lowest BCUT2D eigenvalue weighted by atomic mass is 10.3. The number of halogens is 1. The molecule has 0 bridgehead atoms. The maximum Gasteiger partial charge on any atom is 0.191 e. The van der Waals surface area contributed by atoms with Crippen molar-refractivity contribution in [2.75, 3.05) is 24.5 Å². The molecule has 0 aromatic carbocycles. The second kappa shape index (κ2) is 7.76. The summed E-state index contributed by atoms with van der Waals surface area (Å²) in [5.74, 6) is 0.838. The Labute approximate surface area is 140 Å². The number of aliphatic imine (C=N–C) groups is 1. The van der Waals surface area contributed by atoms with Crippen LogP contribution in [-0.2, 0) is 6.54 Å². The number of hydrogen-bond acceptors (Lipinski definition) is 5. The normalized spacial score (nSPS) is 18.0. The summed E-state index contributed by atoms with van der Waals surface area (Å²) < 4.78 is 18.7. The minimum atomic E-state index is -0.287. The average molecular weight is 332 g/mol. The van der Waals surface area contributed by atoms with Crippen molar-refractivity contribution in [2.24, 2.45) is 4.99 Å². The smallest absolute Gasteiger partial charge is 0.191 e. The Balaban J connectivity index is 1.60. The van der Waals surface area contributed by atoms with E-state index in [0.29, 0.717) is 24.9 Å². The first-order chi connectivity index (χ1) is 11.8. The van der Waals surface area contributed by atoms with Gasteiger partial charge < -0.3 is 20.1 Å². The maximum absolute atomic E-state index is 13.9. The summed E-state index contributed by atoms with van der Waals surface area (Å²) in [6, 6.07) is 5.01. The van der Waals surface area contributed by atoms with Crippen LogP contribution in [0, 0.1) is 5.82 Å². The van der Waals surface area contributed by atoms with Crippen LogP contribution < -0.4 is 15.5 Å². The summed E-state index contributed by atoms with van der Waals surface area (Å²) in [5.41, 5.74) is 0.774. The average Bonchev–Trinajstić information content (AvgIpc) is 3.25. The van der Waals surface area contributed by atoms with Crippen molar-refractivity contribution in [1.82, 2.24) is 20.8 Å². The zero-order valence-electron chi connectivity index (χ0n) is 13.6. The van der Waals surface area contributed by atoms with Gasteiger partial charge in [0.25, 0.3) is 0 Å². The summed E-state index contributed by atoms with van der Waals surface area (Å²) in [4.78, 5) is 10.6. The van der Waals surface area contributed by atoms with Gasteiger partial charge in [-0.1, -0.05) is 5.16 Å². The Morgan fingerprint density at radius 3 is 3.17 bits per heavy atom. The second-order valence-corrected chi connectivity index (χ2v) is 5.57. The number of guanidine groups is 1. The number of hydrogen-bond donors (Lipinski definition) is 2. The van der Waals surface area contributed by atoms with Crippen molar-refractivity contribution >= 4 is 11.8 Å². The Bertz CT molecular complexity index is 675. The molecule has 24 heavy (non-hydrogen) atoms. The molecule has 2 N–H and O–H groups in total. The second-order valence-electron chi connectivity index (χ2n) is 5.57. The monoisotopic (exact) mass is 332 g/mol. The number of aromatic nitrogens is 2. The van der Waals surface area contributed by atoms with E-state index in [9.17, 15) is 4.39 Å². The molecule has 0 aliphatic carbocycles. The van der Waals surface area contributed by atoms with E-state index in [4.69, 9.17) is 4.52 Å². The Morgan fingerprint density at radius 2 is 2.42 bits per heavy atom. The molecule has 0 spiro atoms. The first-order valence-corrected chi connectivity index (χ1v) is 8.06. The summed E-state index contributed by atoms with van der Waals surface area (Å²) in [5, 5.41) is 10.4.